The van der Waals surface area contributed by atoms with E-state index in [1.807, 2.05) is 54.2 Å². The number of nitrogens with one attached hydrogen (secondary N) is 1. The summed E-state index contributed by atoms with van der Waals surface area (Å²) in [4.78, 5) is 17.4. The number of aryl methyl sites for hydroxylation is 1. The first-order valence-electron chi connectivity index (χ1n) is 14.8. The molecule has 9 aromatic rings. The smallest absolute Gasteiger partial charge is 0.163 e. The molecule has 0 saturated carbocycles. The zero-order chi connectivity index (χ0) is 31.1. The summed E-state index contributed by atoms with van der Waals surface area (Å²) in [5.41, 5.74) is 20.4. The number of rotatable bonds is 5. The summed E-state index contributed by atoms with van der Waals surface area (Å²) in [5, 5.41) is 22.1. The van der Waals surface area contributed by atoms with Crippen LogP contribution in [-0.4, -0.2) is 49.7 Å². The third-order valence-corrected chi connectivity index (χ3v) is 8.67. The lowest BCUT2D eigenvalue weighted by molar-refractivity contribution is 0.548. The Labute approximate surface area is 259 Å². The molecule has 9 rings (SSSR count). The van der Waals surface area contributed by atoms with E-state index >= 15 is 0 Å². The molecule has 0 bridgehead atoms. The van der Waals surface area contributed by atoms with Crippen LogP contribution in [-0.2, 0) is 13.6 Å². The zero-order valence-corrected chi connectivity index (χ0v) is 24.8. The van der Waals surface area contributed by atoms with Crippen LogP contribution in [0.1, 0.15) is 18.5 Å². The number of hydrogen-bond donors (Lipinski definition) is 3. The van der Waals surface area contributed by atoms with Crippen molar-refractivity contribution in [3.63, 3.8) is 0 Å². The lowest BCUT2D eigenvalue weighted by Crippen LogP contribution is -2.09. The molecule has 13 nitrogen and oxygen atoms in total. The van der Waals surface area contributed by atoms with Gasteiger partial charge in [-0.15, -0.1) is 0 Å². The van der Waals surface area contributed by atoms with Crippen molar-refractivity contribution in [3.05, 3.63) is 79.0 Å². The van der Waals surface area contributed by atoms with Crippen LogP contribution in [0.5, 0.6) is 0 Å². The van der Waals surface area contributed by atoms with Crippen LogP contribution < -0.4 is 11.5 Å². The predicted octanol–water partition coefficient (Wildman–Crippen LogP) is 5.58. The average Bonchev–Trinajstić information content (AvgIpc) is 3.83. The Morgan fingerprint density at radius 1 is 0.804 bits per heavy atom. The van der Waals surface area contributed by atoms with Crippen molar-refractivity contribution in [2.24, 2.45) is 7.05 Å². The normalized spacial score (nSPS) is 12.7. The number of furan rings is 1. The van der Waals surface area contributed by atoms with Crippen molar-refractivity contribution >= 4 is 66.5 Å². The Balaban J connectivity index is 1.12. The molecule has 0 radical (unpaired) electrons. The van der Waals surface area contributed by atoms with E-state index in [-0.39, 0.29) is 5.92 Å². The van der Waals surface area contributed by atoms with E-state index in [0.29, 0.717) is 46.2 Å². The number of nitrogen functional groups attached to an aromatic ring is 2. The Kier molecular flexibility index (Phi) is 5.42. The molecule has 0 aliphatic heterocycles. The Morgan fingerprint density at radius 2 is 1.57 bits per heavy atom. The first-order valence-corrected chi connectivity index (χ1v) is 14.8. The largest absolute Gasteiger partial charge is 0.455 e. The first-order chi connectivity index (χ1) is 22.5. The quantitative estimate of drug-likeness (QED) is 0.224. The van der Waals surface area contributed by atoms with E-state index < -0.39 is 0 Å². The summed E-state index contributed by atoms with van der Waals surface area (Å²) in [6, 6.07) is 20.1. The molecule has 46 heavy (non-hydrogen) atoms. The van der Waals surface area contributed by atoms with Gasteiger partial charge in [-0.1, -0.05) is 49.4 Å². The Morgan fingerprint density at radius 3 is 2.41 bits per heavy atom. The predicted molar refractivity (Wildman–Crippen MR) is 177 cm³/mol. The topological polar surface area (TPSA) is 181 Å². The SMILES string of the molecule is CC(Cn1nc(-c2cccc3c2oc2ccccc23)c2c(N)ncnc21)c1[nH]nc2cc(-c3nn(C)c4ncnc(N)c34)ccc12. The molecule has 13 heteroatoms. The van der Waals surface area contributed by atoms with E-state index in [1.165, 1.54) is 12.7 Å². The number of aromatic nitrogens is 10. The number of nitrogens with two attached hydrogens (primary N) is 2. The molecule has 0 aliphatic carbocycles. The number of nitrogens with zero attached hydrogens (tertiary/aromatic N) is 9. The number of hydrogen-bond acceptors (Lipinski definition) is 10. The van der Waals surface area contributed by atoms with E-state index in [9.17, 15) is 0 Å². The van der Waals surface area contributed by atoms with Crippen molar-refractivity contribution in [2.45, 2.75) is 19.4 Å². The number of H-pyrrole nitrogens is 1. The Bertz CT molecular complexity index is 2640. The second kappa shape index (κ2) is 9.56. The van der Waals surface area contributed by atoms with Crippen molar-refractivity contribution in [3.8, 4) is 22.5 Å². The Hall–Kier alpha value is -6.37. The van der Waals surface area contributed by atoms with Crippen LogP contribution >= 0.6 is 0 Å². The third-order valence-electron chi connectivity index (χ3n) is 8.67. The number of anilines is 2. The summed E-state index contributed by atoms with van der Waals surface area (Å²) < 4.78 is 9.93. The average molecular weight is 607 g/mol. The molecule has 0 spiro atoms. The van der Waals surface area contributed by atoms with Gasteiger partial charge in [-0.25, -0.2) is 29.3 Å². The summed E-state index contributed by atoms with van der Waals surface area (Å²) in [6.07, 6.45) is 2.91. The third kappa shape index (κ3) is 3.71. The minimum Gasteiger partial charge on any atom is -0.455 e. The fraction of sp³-hybridized carbons (Fsp3) is 0.121. The molecule has 1 atom stereocenters. The molecular formula is C33H26N12O. The second-order valence-corrected chi connectivity index (χ2v) is 11.5. The molecule has 1 unspecified atom stereocenters. The minimum atomic E-state index is -0.00953. The van der Waals surface area contributed by atoms with Gasteiger partial charge in [0.25, 0.3) is 0 Å². The van der Waals surface area contributed by atoms with E-state index in [2.05, 4.69) is 60.4 Å². The highest BCUT2D eigenvalue weighted by molar-refractivity contribution is 6.12. The number of aromatic amines is 1. The van der Waals surface area contributed by atoms with E-state index in [0.717, 1.165) is 55.0 Å². The molecule has 6 aromatic heterocycles. The molecule has 0 amide bonds. The van der Waals surface area contributed by atoms with Crippen molar-refractivity contribution in [2.75, 3.05) is 11.5 Å². The van der Waals surface area contributed by atoms with Gasteiger partial charge in [0.2, 0.25) is 0 Å². The number of benzene rings is 3. The highest BCUT2D eigenvalue weighted by Gasteiger charge is 2.24. The fourth-order valence-corrected chi connectivity index (χ4v) is 6.50. The van der Waals surface area contributed by atoms with Gasteiger partial charge in [0.05, 0.1) is 22.8 Å². The molecule has 0 aliphatic rings. The molecule has 6 heterocycles. The maximum Gasteiger partial charge on any atom is 0.163 e. The molecular weight excluding hydrogens is 580 g/mol. The molecule has 5 N–H and O–H groups in total. The standard InChI is InChI=1S/C33H26N12O/c1-16(26-20-11-10-17(12-22(20)40-41-26)27-24-30(34)36-14-38-32(24)44(2)42-27)13-45-33-25(31(35)37-15-39-33)28(43-45)21-8-5-7-19-18-6-3-4-9-23(18)46-29(19)21/h3-12,14-16H,13H2,1-2H3,(H,40,41)(H2,34,36,38)(H2,35,37,39). The summed E-state index contributed by atoms with van der Waals surface area (Å²) in [5.74, 6) is 0.737. The monoisotopic (exact) mass is 606 g/mol. The van der Waals surface area contributed by atoms with Crippen molar-refractivity contribution in [1.82, 2.24) is 49.7 Å². The molecule has 3 aromatic carbocycles. The lowest BCUT2D eigenvalue weighted by Gasteiger charge is -2.11. The van der Waals surface area contributed by atoms with Gasteiger partial charge in [0, 0.05) is 45.9 Å². The fourth-order valence-electron chi connectivity index (χ4n) is 6.50. The maximum absolute atomic E-state index is 6.46. The minimum absolute atomic E-state index is 0.00953. The number of fused-ring (bicyclic) bond motifs is 6. The van der Waals surface area contributed by atoms with Crippen LogP contribution in [0.25, 0.3) is 77.4 Å². The van der Waals surface area contributed by atoms with Gasteiger partial charge >= 0.3 is 0 Å². The summed E-state index contributed by atoms with van der Waals surface area (Å²) >= 11 is 0. The van der Waals surface area contributed by atoms with E-state index in [4.69, 9.17) is 21.0 Å². The molecule has 0 fully saturated rings. The van der Waals surface area contributed by atoms with Gasteiger partial charge < -0.3 is 15.9 Å². The van der Waals surface area contributed by atoms with Crippen LogP contribution in [0, 0.1) is 0 Å². The zero-order valence-electron chi connectivity index (χ0n) is 24.8. The van der Waals surface area contributed by atoms with Crippen LogP contribution in [0.15, 0.2) is 77.7 Å². The van der Waals surface area contributed by atoms with Crippen LogP contribution in [0.3, 0.4) is 0 Å². The van der Waals surface area contributed by atoms with Crippen LogP contribution in [0.2, 0.25) is 0 Å². The van der Waals surface area contributed by atoms with Gasteiger partial charge in [0.1, 0.15) is 46.8 Å². The van der Waals surface area contributed by atoms with Gasteiger partial charge in [0.15, 0.2) is 11.3 Å². The van der Waals surface area contributed by atoms with Crippen molar-refractivity contribution in [1.29, 1.82) is 0 Å². The highest BCUT2D eigenvalue weighted by Crippen LogP contribution is 2.39. The molecule has 224 valence electrons. The summed E-state index contributed by atoms with van der Waals surface area (Å²) in [7, 11) is 1.84. The molecule has 0 saturated heterocycles. The first kappa shape index (κ1) is 26.1. The number of para-hydroxylation sites is 2. The summed E-state index contributed by atoms with van der Waals surface area (Å²) in [6.45, 7) is 2.64. The van der Waals surface area contributed by atoms with Gasteiger partial charge in [-0.2, -0.15) is 15.3 Å². The highest BCUT2D eigenvalue weighted by atomic mass is 16.3. The maximum atomic E-state index is 6.46. The lowest BCUT2D eigenvalue weighted by atomic mass is 10.0. The van der Waals surface area contributed by atoms with Gasteiger partial charge in [-0.3, -0.25) is 5.10 Å². The van der Waals surface area contributed by atoms with Gasteiger partial charge in [-0.05, 0) is 18.2 Å². The van der Waals surface area contributed by atoms with Crippen LogP contribution in [0.4, 0.5) is 11.6 Å². The van der Waals surface area contributed by atoms with Crippen molar-refractivity contribution < 1.29 is 4.42 Å². The van der Waals surface area contributed by atoms with E-state index in [1.54, 1.807) is 4.68 Å². The second-order valence-electron chi connectivity index (χ2n) is 11.5.